The van der Waals surface area contributed by atoms with E-state index in [9.17, 15) is 24.9 Å². The van der Waals surface area contributed by atoms with E-state index in [1.807, 2.05) is 24.3 Å². The predicted octanol–water partition coefficient (Wildman–Crippen LogP) is 6.18. The van der Waals surface area contributed by atoms with Gasteiger partial charge in [0.05, 0.1) is 12.2 Å². The highest BCUT2D eigenvalue weighted by Gasteiger charge is 2.65. The lowest BCUT2D eigenvalue weighted by Gasteiger charge is -2.63. The third-order valence-corrected chi connectivity index (χ3v) is 12.7. The molecule has 4 fully saturated rings. The van der Waals surface area contributed by atoms with Gasteiger partial charge >= 0.3 is 5.97 Å². The number of hydrogen-bond acceptors (Lipinski definition) is 4. The number of nitrogens with one attached hydrogen (secondary N) is 1. The average Bonchev–Trinajstić information content (AvgIpc) is 3.26. The largest absolute Gasteiger partial charge is 0.481 e. The van der Waals surface area contributed by atoms with Gasteiger partial charge in [-0.05, 0) is 121 Å². The number of carboxylic acid groups (broad SMARTS) is 1. The molecule has 41 heavy (non-hydrogen) atoms. The van der Waals surface area contributed by atoms with Gasteiger partial charge < -0.3 is 20.6 Å². The van der Waals surface area contributed by atoms with Crippen molar-refractivity contribution >= 4 is 11.9 Å². The topological polar surface area (TPSA) is 107 Å². The molecule has 0 unspecified atom stereocenters. The number of carboxylic acids is 1. The quantitative estimate of drug-likeness (QED) is 0.328. The van der Waals surface area contributed by atoms with Crippen LogP contribution in [-0.4, -0.2) is 45.4 Å². The highest BCUT2D eigenvalue weighted by molar-refractivity contribution is 5.94. The van der Waals surface area contributed by atoms with Crippen molar-refractivity contribution in [2.75, 3.05) is 0 Å². The first-order valence-corrected chi connectivity index (χ1v) is 16.2. The lowest BCUT2D eigenvalue weighted by Crippen LogP contribution is -2.63. The molecule has 4 aliphatic rings. The van der Waals surface area contributed by atoms with Crippen molar-refractivity contribution in [3.63, 3.8) is 0 Å². The summed E-state index contributed by atoms with van der Waals surface area (Å²) < 4.78 is 0. The predicted molar refractivity (Wildman–Crippen MR) is 160 cm³/mol. The molecule has 0 aliphatic heterocycles. The van der Waals surface area contributed by atoms with Gasteiger partial charge in [0.15, 0.2) is 0 Å². The minimum absolute atomic E-state index is 0.0221. The van der Waals surface area contributed by atoms with Crippen LogP contribution in [0.5, 0.6) is 0 Å². The number of aliphatic carboxylic acids is 1. The molecule has 11 atom stereocenters. The van der Waals surface area contributed by atoms with Gasteiger partial charge in [-0.1, -0.05) is 53.7 Å². The molecule has 6 nitrogen and oxygen atoms in total. The molecular weight excluding hydrogens is 514 g/mol. The number of carbonyl (C=O) groups excluding carboxylic acids is 1. The first kappa shape index (κ1) is 30.5. The van der Waals surface area contributed by atoms with Crippen molar-refractivity contribution < 1.29 is 24.9 Å². The van der Waals surface area contributed by atoms with Gasteiger partial charge in [0.25, 0.3) is 5.91 Å². The monoisotopic (exact) mass is 567 g/mol. The smallest absolute Gasteiger partial charge is 0.303 e. The fourth-order valence-electron chi connectivity index (χ4n) is 10.2. The number of carbonyl (C=O) groups is 2. The molecule has 4 N–H and O–H groups in total. The molecule has 1 aromatic carbocycles. The van der Waals surface area contributed by atoms with E-state index in [-0.39, 0.29) is 64.2 Å². The average molecular weight is 568 g/mol. The highest BCUT2D eigenvalue weighted by Crippen LogP contribution is 2.68. The van der Waals surface area contributed by atoms with Crippen LogP contribution in [0.3, 0.4) is 0 Å². The SMILES string of the molecule is C[C@H](CCC(=O)O)[C@H]1CC[C@H]2[C@@H]3[C@H](O)C[C@@H]4C[C@@H](NC(=O)c5ccc(C(C)(C)C)cc5)CC[C@]4(C)[C@H]3C[C@H](O)[C@]12C. The van der Waals surface area contributed by atoms with Crippen LogP contribution in [-0.2, 0) is 10.2 Å². The van der Waals surface area contributed by atoms with E-state index in [2.05, 4.69) is 46.9 Å². The summed E-state index contributed by atoms with van der Waals surface area (Å²) in [5.41, 5.74) is 1.71. The fourth-order valence-corrected chi connectivity index (χ4v) is 10.2. The minimum atomic E-state index is -0.757. The zero-order valence-corrected chi connectivity index (χ0v) is 26.0. The lowest BCUT2D eigenvalue weighted by atomic mass is 9.43. The van der Waals surface area contributed by atoms with Gasteiger partial charge in [-0.3, -0.25) is 9.59 Å². The summed E-state index contributed by atoms with van der Waals surface area (Å²) in [5.74, 6) is 0.745. The van der Waals surface area contributed by atoms with Crippen molar-refractivity contribution in [3.05, 3.63) is 35.4 Å². The number of hydrogen-bond donors (Lipinski definition) is 4. The van der Waals surface area contributed by atoms with Crippen LogP contribution in [0.4, 0.5) is 0 Å². The van der Waals surface area contributed by atoms with Crippen LogP contribution in [0.1, 0.15) is 115 Å². The zero-order valence-electron chi connectivity index (χ0n) is 26.0. The molecular formula is C35H53NO5. The van der Waals surface area contributed by atoms with Gasteiger partial charge in [-0.15, -0.1) is 0 Å². The first-order valence-electron chi connectivity index (χ1n) is 16.2. The molecule has 228 valence electrons. The third kappa shape index (κ3) is 5.37. The zero-order chi connectivity index (χ0) is 29.9. The van der Waals surface area contributed by atoms with E-state index in [1.54, 1.807) is 0 Å². The van der Waals surface area contributed by atoms with Crippen molar-refractivity contribution in [1.82, 2.24) is 5.32 Å². The highest BCUT2D eigenvalue weighted by atomic mass is 16.4. The van der Waals surface area contributed by atoms with Crippen LogP contribution >= 0.6 is 0 Å². The Labute approximate surface area is 246 Å². The Kier molecular flexibility index (Phi) is 8.17. The number of aliphatic hydroxyl groups is 2. The number of aliphatic hydroxyl groups excluding tert-OH is 2. The molecule has 0 spiro atoms. The molecule has 4 saturated carbocycles. The van der Waals surface area contributed by atoms with E-state index in [4.69, 9.17) is 0 Å². The Bertz CT molecular complexity index is 1130. The summed E-state index contributed by atoms with van der Waals surface area (Å²) in [6.45, 7) is 13.3. The Hall–Kier alpha value is -1.92. The molecule has 0 bridgehead atoms. The summed E-state index contributed by atoms with van der Waals surface area (Å²) in [6.07, 6.45) is 6.22. The maximum atomic E-state index is 13.2. The van der Waals surface area contributed by atoms with E-state index in [1.165, 1.54) is 5.56 Å². The number of rotatable bonds is 6. The van der Waals surface area contributed by atoms with Crippen LogP contribution in [0.25, 0.3) is 0 Å². The number of benzene rings is 1. The van der Waals surface area contributed by atoms with E-state index >= 15 is 0 Å². The number of amides is 1. The molecule has 0 saturated heterocycles. The van der Waals surface area contributed by atoms with Gasteiger partial charge in [-0.25, -0.2) is 0 Å². The van der Waals surface area contributed by atoms with Gasteiger partial charge in [0.1, 0.15) is 0 Å². The molecule has 1 aromatic rings. The molecule has 5 rings (SSSR count). The van der Waals surface area contributed by atoms with Crippen LogP contribution in [0.15, 0.2) is 24.3 Å². The molecule has 1 amide bonds. The van der Waals surface area contributed by atoms with E-state index < -0.39 is 18.2 Å². The van der Waals surface area contributed by atoms with Crippen molar-refractivity contribution in [3.8, 4) is 0 Å². The van der Waals surface area contributed by atoms with Crippen molar-refractivity contribution in [2.24, 2.45) is 46.3 Å². The Morgan fingerprint density at radius 3 is 2.32 bits per heavy atom. The normalized spacial score (nSPS) is 41.1. The molecule has 6 heteroatoms. The molecule has 0 radical (unpaired) electrons. The standard InChI is InChI=1S/C35H53NO5/c1-20(7-14-30(39)40)25-12-13-26-31-27(19-29(38)35(25,26)6)34(5)16-15-24(17-23(34)18-28(31)37)36-32(41)21-8-10-22(11-9-21)33(2,3)4/h8-11,20,23-29,31,37-38H,7,12-19H2,1-6H3,(H,36,41)(H,39,40)/t20-,23+,24+,25-,26+,27+,28-,29+,31+,34+,35-/m1/s1. The Morgan fingerprint density at radius 1 is 1.00 bits per heavy atom. The van der Waals surface area contributed by atoms with Crippen molar-refractivity contribution in [1.29, 1.82) is 0 Å². The fraction of sp³-hybridized carbons (Fsp3) is 0.771. The van der Waals surface area contributed by atoms with Gasteiger partial charge in [-0.2, -0.15) is 0 Å². The van der Waals surface area contributed by atoms with Gasteiger partial charge in [0, 0.05) is 18.0 Å². The summed E-state index contributed by atoms with van der Waals surface area (Å²) in [6, 6.07) is 8.04. The summed E-state index contributed by atoms with van der Waals surface area (Å²) in [5, 5.41) is 36.0. The summed E-state index contributed by atoms with van der Waals surface area (Å²) in [4.78, 5) is 24.4. The maximum Gasteiger partial charge on any atom is 0.303 e. The second-order valence-corrected chi connectivity index (χ2v) is 15.8. The molecule has 0 heterocycles. The van der Waals surface area contributed by atoms with Crippen LogP contribution in [0.2, 0.25) is 0 Å². The first-order chi connectivity index (χ1) is 19.2. The second-order valence-electron chi connectivity index (χ2n) is 15.8. The molecule has 0 aromatic heterocycles. The second kappa shape index (κ2) is 11.0. The molecule has 4 aliphatic carbocycles. The summed E-state index contributed by atoms with van der Waals surface area (Å²) in [7, 11) is 0. The maximum absolute atomic E-state index is 13.2. The van der Waals surface area contributed by atoms with E-state index in [0.29, 0.717) is 24.3 Å². The van der Waals surface area contributed by atoms with Crippen molar-refractivity contribution in [2.45, 2.75) is 123 Å². The Balaban J connectivity index is 1.28. The lowest BCUT2D eigenvalue weighted by molar-refractivity contribution is -0.202. The van der Waals surface area contributed by atoms with Gasteiger partial charge in [0.2, 0.25) is 0 Å². The summed E-state index contributed by atoms with van der Waals surface area (Å²) >= 11 is 0. The van der Waals surface area contributed by atoms with Crippen LogP contribution in [0, 0.1) is 46.3 Å². The minimum Gasteiger partial charge on any atom is -0.481 e. The number of fused-ring (bicyclic) bond motifs is 5. The Morgan fingerprint density at radius 2 is 1.68 bits per heavy atom. The van der Waals surface area contributed by atoms with E-state index in [0.717, 1.165) is 38.5 Å². The van der Waals surface area contributed by atoms with Crippen LogP contribution < -0.4 is 5.32 Å². The third-order valence-electron chi connectivity index (χ3n) is 12.7.